The van der Waals surface area contributed by atoms with Crippen LogP contribution in [0.4, 0.5) is 0 Å². The molecule has 0 bridgehead atoms. The minimum Gasteiger partial charge on any atom is -0.490 e. The van der Waals surface area contributed by atoms with Crippen molar-refractivity contribution in [1.82, 2.24) is 10.9 Å². The largest absolute Gasteiger partial charge is 0.490 e. The van der Waals surface area contributed by atoms with E-state index in [9.17, 15) is 9.59 Å². The molecule has 0 aliphatic rings. The summed E-state index contributed by atoms with van der Waals surface area (Å²) in [6, 6.07) is 8.82. The molecule has 0 saturated carbocycles. The van der Waals surface area contributed by atoms with Gasteiger partial charge in [0.05, 0.1) is 19.8 Å². The summed E-state index contributed by atoms with van der Waals surface area (Å²) in [5.41, 5.74) is 6.85. The molecule has 0 radical (unpaired) electrons. The fraction of sp³-hybridized carbons (Fsp3) is 0.391. The maximum absolute atomic E-state index is 12.6. The van der Waals surface area contributed by atoms with E-state index in [2.05, 4.69) is 10.9 Å². The van der Waals surface area contributed by atoms with Gasteiger partial charge in [0.15, 0.2) is 18.1 Å². The molecule has 2 N–H and O–H groups in total. The summed E-state index contributed by atoms with van der Waals surface area (Å²) >= 11 is 0. The summed E-state index contributed by atoms with van der Waals surface area (Å²) < 4.78 is 22.4. The maximum atomic E-state index is 12.6. The number of hydrogen-bond donors (Lipinski definition) is 2. The number of carbonyl (C=O) groups excluding carboxylic acids is 2. The SMILES string of the molecule is CCOc1cc(C(=O)NNC(=O)COc2c(C)cccc2C)cc(OCC)c1OCC. The lowest BCUT2D eigenvalue weighted by Crippen LogP contribution is -2.43. The number of ether oxygens (including phenoxy) is 4. The van der Waals surface area contributed by atoms with Gasteiger partial charge in [-0.15, -0.1) is 0 Å². The Balaban J connectivity index is 2.06. The normalized spacial score (nSPS) is 10.2. The highest BCUT2D eigenvalue weighted by Crippen LogP contribution is 2.39. The smallest absolute Gasteiger partial charge is 0.276 e. The number of para-hydroxylation sites is 1. The predicted molar refractivity (Wildman–Crippen MR) is 117 cm³/mol. The van der Waals surface area contributed by atoms with Crippen molar-refractivity contribution in [1.29, 1.82) is 0 Å². The van der Waals surface area contributed by atoms with Gasteiger partial charge in [0.25, 0.3) is 11.8 Å². The number of carbonyl (C=O) groups is 2. The highest BCUT2D eigenvalue weighted by molar-refractivity contribution is 5.96. The number of nitrogens with one attached hydrogen (secondary N) is 2. The van der Waals surface area contributed by atoms with Crippen molar-refractivity contribution in [3.63, 3.8) is 0 Å². The van der Waals surface area contributed by atoms with E-state index in [4.69, 9.17) is 18.9 Å². The second-order valence-electron chi connectivity index (χ2n) is 6.61. The zero-order chi connectivity index (χ0) is 22.8. The molecule has 0 fully saturated rings. The van der Waals surface area contributed by atoms with Gasteiger partial charge in [-0.2, -0.15) is 0 Å². The van der Waals surface area contributed by atoms with Gasteiger partial charge < -0.3 is 18.9 Å². The number of aryl methyl sites for hydroxylation is 2. The van der Waals surface area contributed by atoms with Crippen LogP contribution in [-0.2, 0) is 4.79 Å². The fourth-order valence-electron chi connectivity index (χ4n) is 2.92. The number of amides is 2. The van der Waals surface area contributed by atoms with E-state index >= 15 is 0 Å². The zero-order valence-electron chi connectivity index (χ0n) is 18.7. The Labute approximate surface area is 182 Å². The Bertz CT molecular complexity index is 866. The molecule has 2 aromatic carbocycles. The molecular weight excluding hydrogens is 400 g/mol. The molecule has 8 heteroatoms. The van der Waals surface area contributed by atoms with Crippen LogP contribution in [0.2, 0.25) is 0 Å². The summed E-state index contributed by atoms with van der Waals surface area (Å²) in [6.45, 7) is 10.3. The lowest BCUT2D eigenvalue weighted by Gasteiger charge is -2.17. The maximum Gasteiger partial charge on any atom is 0.276 e. The third kappa shape index (κ3) is 6.53. The first-order valence-electron chi connectivity index (χ1n) is 10.3. The molecule has 168 valence electrons. The molecule has 0 aliphatic heterocycles. The van der Waals surface area contributed by atoms with Crippen LogP contribution < -0.4 is 29.8 Å². The van der Waals surface area contributed by atoms with Gasteiger partial charge in [0.2, 0.25) is 5.75 Å². The molecule has 2 rings (SSSR count). The third-order valence-electron chi connectivity index (χ3n) is 4.24. The monoisotopic (exact) mass is 430 g/mol. The summed E-state index contributed by atoms with van der Waals surface area (Å²) in [5.74, 6) is 0.865. The highest BCUT2D eigenvalue weighted by atomic mass is 16.5. The molecule has 8 nitrogen and oxygen atoms in total. The first-order valence-corrected chi connectivity index (χ1v) is 10.3. The Morgan fingerprint density at radius 2 is 1.32 bits per heavy atom. The minimum absolute atomic E-state index is 0.232. The van der Waals surface area contributed by atoms with Crippen molar-refractivity contribution < 1.29 is 28.5 Å². The second-order valence-corrected chi connectivity index (χ2v) is 6.61. The minimum atomic E-state index is -0.523. The van der Waals surface area contributed by atoms with Crippen molar-refractivity contribution in [3.8, 4) is 23.0 Å². The van der Waals surface area contributed by atoms with Crippen LogP contribution in [0.1, 0.15) is 42.3 Å². The van der Waals surface area contributed by atoms with Crippen molar-refractivity contribution in [3.05, 3.63) is 47.0 Å². The van der Waals surface area contributed by atoms with Gasteiger partial charge in [-0.05, 0) is 57.9 Å². The standard InChI is InChI=1S/C23H30N2O6/c1-6-28-18-12-17(13-19(29-7-2)22(18)30-8-3)23(27)25-24-20(26)14-31-21-15(4)10-9-11-16(21)5/h9-13H,6-8,14H2,1-5H3,(H,24,26)(H,25,27). The Morgan fingerprint density at radius 1 is 0.774 bits per heavy atom. The topological polar surface area (TPSA) is 95.1 Å². The average molecular weight is 431 g/mol. The molecule has 0 unspecified atom stereocenters. The number of hydrogen-bond acceptors (Lipinski definition) is 6. The van der Waals surface area contributed by atoms with Crippen molar-refractivity contribution in [2.45, 2.75) is 34.6 Å². The molecule has 0 aliphatic carbocycles. The van der Waals surface area contributed by atoms with Crippen LogP contribution in [0, 0.1) is 13.8 Å². The summed E-state index contributed by atoms with van der Waals surface area (Å²) in [6.07, 6.45) is 0. The molecule has 0 heterocycles. The van der Waals surface area contributed by atoms with E-state index in [0.29, 0.717) is 42.8 Å². The molecular formula is C23H30N2O6. The van der Waals surface area contributed by atoms with Crippen LogP contribution in [0.15, 0.2) is 30.3 Å². The first-order chi connectivity index (χ1) is 14.9. The van der Waals surface area contributed by atoms with E-state index in [1.807, 2.05) is 52.8 Å². The summed E-state index contributed by atoms with van der Waals surface area (Å²) in [5, 5.41) is 0. The summed E-state index contributed by atoms with van der Waals surface area (Å²) in [4.78, 5) is 24.7. The summed E-state index contributed by atoms with van der Waals surface area (Å²) in [7, 11) is 0. The van der Waals surface area contributed by atoms with E-state index in [-0.39, 0.29) is 12.2 Å². The van der Waals surface area contributed by atoms with Gasteiger partial charge in [-0.1, -0.05) is 18.2 Å². The molecule has 31 heavy (non-hydrogen) atoms. The average Bonchev–Trinajstić information content (AvgIpc) is 2.74. The van der Waals surface area contributed by atoms with Gasteiger partial charge in [-0.3, -0.25) is 20.4 Å². The Kier molecular flexibility index (Phi) is 8.99. The highest BCUT2D eigenvalue weighted by Gasteiger charge is 2.19. The van der Waals surface area contributed by atoms with Gasteiger partial charge in [0.1, 0.15) is 5.75 Å². The molecule has 2 amide bonds. The van der Waals surface area contributed by atoms with E-state index in [0.717, 1.165) is 11.1 Å². The van der Waals surface area contributed by atoms with Gasteiger partial charge >= 0.3 is 0 Å². The van der Waals surface area contributed by atoms with E-state index in [1.54, 1.807) is 12.1 Å². The van der Waals surface area contributed by atoms with Crippen LogP contribution in [-0.4, -0.2) is 38.2 Å². The number of benzene rings is 2. The molecule has 0 atom stereocenters. The fourth-order valence-corrected chi connectivity index (χ4v) is 2.92. The first kappa shape index (κ1) is 23.9. The van der Waals surface area contributed by atoms with Crippen molar-refractivity contribution in [2.24, 2.45) is 0 Å². The lowest BCUT2D eigenvalue weighted by atomic mass is 10.1. The zero-order valence-corrected chi connectivity index (χ0v) is 18.7. The molecule has 0 spiro atoms. The third-order valence-corrected chi connectivity index (χ3v) is 4.24. The van der Waals surface area contributed by atoms with Crippen LogP contribution in [0.5, 0.6) is 23.0 Å². The van der Waals surface area contributed by atoms with E-state index in [1.165, 1.54) is 0 Å². The quantitative estimate of drug-likeness (QED) is 0.562. The van der Waals surface area contributed by atoms with Crippen molar-refractivity contribution >= 4 is 11.8 Å². The van der Waals surface area contributed by atoms with Gasteiger partial charge in [-0.25, -0.2) is 0 Å². The number of hydrazine groups is 1. The van der Waals surface area contributed by atoms with Crippen LogP contribution in [0.25, 0.3) is 0 Å². The Morgan fingerprint density at radius 3 is 1.84 bits per heavy atom. The van der Waals surface area contributed by atoms with E-state index < -0.39 is 11.8 Å². The van der Waals surface area contributed by atoms with Crippen molar-refractivity contribution in [2.75, 3.05) is 26.4 Å². The predicted octanol–water partition coefficient (Wildman–Crippen LogP) is 3.34. The molecule has 0 aromatic heterocycles. The molecule has 0 saturated heterocycles. The molecule has 2 aromatic rings. The van der Waals surface area contributed by atoms with Gasteiger partial charge in [0, 0.05) is 5.56 Å². The van der Waals surface area contributed by atoms with Crippen LogP contribution >= 0.6 is 0 Å². The second kappa shape index (κ2) is 11.7. The Hall–Kier alpha value is -3.42. The number of rotatable bonds is 10. The van der Waals surface area contributed by atoms with Crippen LogP contribution in [0.3, 0.4) is 0 Å². The lowest BCUT2D eigenvalue weighted by molar-refractivity contribution is -0.123.